The van der Waals surface area contributed by atoms with E-state index in [4.69, 9.17) is 0 Å². The van der Waals surface area contributed by atoms with E-state index in [-0.39, 0.29) is 4.90 Å². The van der Waals surface area contributed by atoms with Crippen LogP contribution >= 0.6 is 0 Å². The first-order valence-corrected chi connectivity index (χ1v) is 11.0. The van der Waals surface area contributed by atoms with E-state index in [1.54, 1.807) is 6.92 Å². The number of halogens is 1. The highest BCUT2D eigenvalue weighted by atomic mass is 32.2. The molecule has 2 aliphatic rings. The van der Waals surface area contributed by atoms with Gasteiger partial charge in [0.1, 0.15) is 5.82 Å². The molecule has 150 valence electrons. The van der Waals surface area contributed by atoms with E-state index >= 15 is 0 Å². The number of benzene rings is 1. The van der Waals surface area contributed by atoms with Crippen molar-refractivity contribution in [3.63, 3.8) is 0 Å². The third-order valence-electron chi connectivity index (χ3n) is 5.38. The molecule has 0 unspecified atom stereocenters. The van der Waals surface area contributed by atoms with E-state index in [1.165, 1.54) is 35.3 Å². The van der Waals surface area contributed by atoms with Crippen LogP contribution in [0.15, 0.2) is 35.2 Å². The average molecular weight is 405 g/mol. The number of anilines is 2. The lowest BCUT2D eigenvalue weighted by atomic mass is 10.2. The first kappa shape index (κ1) is 19.1. The van der Waals surface area contributed by atoms with Gasteiger partial charge in [0.25, 0.3) is 0 Å². The van der Waals surface area contributed by atoms with Crippen molar-refractivity contribution in [3.05, 3.63) is 41.7 Å². The summed E-state index contributed by atoms with van der Waals surface area (Å²) in [7, 11) is -3.64. The fraction of sp³-hybridized carbons (Fsp3) is 0.474. The predicted molar refractivity (Wildman–Crippen MR) is 106 cm³/mol. The molecule has 0 saturated carbocycles. The summed E-state index contributed by atoms with van der Waals surface area (Å²) >= 11 is 0. The van der Waals surface area contributed by atoms with Crippen molar-refractivity contribution < 1.29 is 12.8 Å². The molecule has 0 N–H and O–H groups in total. The smallest absolute Gasteiger partial charge is 0.243 e. The molecule has 2 saturated heterocycles. The van der Waals surface area contributed by atoms with Gasteiger partial charge in [-0.15, -0.1) is 10.2 Å². The fourth-order valence-electron chi connectivity index (χ4n) is 3.80. The van der Waals surface area contributed by atoms with E-state index in [0.29, 0.717) is 31.7 Å². The molecule has 0 radical (unpaired) electrons. The highest BCUT2D eigenvalue weighted by Crippen LogP contribution is 2.24. The van der Waals surface area contributed by atoms with Gasteiger partial charge in [-0.05, 0) is 55.7 Å². The fourth-order valence-corrected chi connectivity index (χ4v) is 5.43. The van der Waals surface area contributed by atoms with Gasteiger partial charge in [0.2, 0.25) is 10.0 Å². The minimum absolute atomic E-state index is 0.164. The highest BCUT2D eigenvalue weighted by Gasteiger charge is 2.30. The second kappa shape index (κ2) is 7.63. The molecule has 9 heteroatoms. The summed E-state index contributed by atoms with van der Waals surface area (Å²) in [6.07, 6.45) is 2.38. The minimum atomic E-state index is -3.64. The monoisotopic (exact) mass is 405 g/mol. The lowest BCUT2D eigenvalue weighted by Gasteiger charge is -2.34. The molecule has 0 amide bonds. The number of hydrogen-bond acceptors (Lipinski definition) is 6. The van der Waals surface area contributed by atoms with Gasteiger partial charge in [-0.25, -0.2) is 12.8 Å². The minimum Gasteiger partial charge on any atom is -0.355 e. The Morgan fingerprint density at radius 3 is 1.96 bits per heavy atom. The van der Waals surface area contributed by atoms with Gasteiger partial charge >= 0.3 is 0 Å². The van der Waals surface area contributed by atoms with Crippen LogP contribution in [-0.4, -0.2) is 62.2 Å². The summed E-state index contributed by atoms with van der Waals surface area (Å²) in [5, 5.41) is 8.68. The van der Waals surface area contributed by atoms with Crippen LogP contribution in [0.3, 0.4) is 0 Å². The molecule has 0 atom stereocenters. The first-order chi connectivity index (χ1) is 13.4. The number of aromatic nitrogens is 2. The van der Waals surface area contributed by atoms with E-state index in [2.05, 4.69) is 15.1 Å². The van der Waals surface area contributed by atoms with E-state index in [9.17, 15) is 12.8 Å². The van der Waals surface area contributed by atoms with Gasteiger partial charge in [0.15, 0.2) is 11.6 Å². The third kappa shape index (κ3) is 3.68. The first-order valence-electron chi connectivity index (χ1n) is 9.55. The number of piperazine rings is 1. The lowest BCUT2D eigenvalue weighted by molar-refractivity contribution is 0.383. The Labute approximate surface area is 164 Å². The molecule has 2 aromatic rings. The SMILES string of the molecule is Cc1cc(F)ccc1S(=O)(=O)N1CCN(c2ccc(N3CCCC3)nn2)CC1. The second-order valence-corrected chi connectivity index (χ2v) is 9.15. The van der Waals surface area contributed by atoms with Crippen LogP contribution in [0.25, 0.3) is 0 Å². The van der Waals surface area contributed by atoms with Crippen LogP contribution in [0.4, 0.5) is 16.0 Å². The van der Waals surface area contributed by atoms with Crippen LogP contribution < -0.4 is 9.80 Å². The number of nitrogens with zero attached hydrogens (tertiary/aromatic N) is 5. The van der Waals surface area contributed by atoms with Crippen LogP contribution in [-0.2, 0) is 10.0 Å². The Balaban J connectivity index is 1.42. The van der Waals surface area contributed by atoms with Crippen molar-refractivity contribution >= 4 is 21.7 Å². The Hall–Kier alpha value is -2.26. The number of hydrogen-bond donors (Lipinski definition) is 0. The summed E-state index contributed by atoms with van der Waals surface area (Å²) < 4.78 is 40.6. The topological polar surface area (TPSA) is 69.6 Å². The maximum absolute atomic E-state index is 13.3. The molecule has 0 bridgehead atoms. The maximum Gasteiger partial charge on any atom is 0.243 e. The van der Waals surface area contributed by atoms with Gasteiger partial charge < -0.3 is 9.80 Å². The molecule has 7 nitrogen and oxygen atoms in total. The molecule has 0 spiro atoms. The quantitative estimate of drug-likeness (QED) is 0.775. The van der Waals surface area contributed by atoms with Crippen molar-refractivity contribution in [1.82, 2.24) is 14.5 Å². The van der Waals surface area contributed by atoms with Crippen molar-refractivity contribution in [2.45, 2.75) is 24.7 Å². The van der Waals surface area contributed by atoms with E-state index in [1.807, 2.05) is 17.0 Å². The van der Waals surface area contributed by atoms with Gasteiger partial charge in [-0.2, -0.15) is 4.31 Å². The zero-order valence-electron chi connectivity index (χ0n) is 15.9. The summed E-state index contributed by atoms with van der Waals surface area (Å²) in [5.41, 5.74) is 0.422. The Kier molecular flexibility index (Phi) is 5.20. The van der Waals surface area contributed by atoms with Crippen molar-refractivity contribution in [1.29, 1.82) is 0 Å². The molecule has 2 aliphatic heterocycles. The molecule has 0 aliphatic carbocycles. The van der Waals surface area contributed by atoms with Crippen molar-refractivity contribution in [3.8, 4) is 0 Å². The van der Waals surface area contributed by atoms with E-state index < -0.39 is 15.8 Å². The highest BCUT2D eigenvalue weighted by molar-refractivity contribution is 7.89. The summed E-state index contributed by atoms with van der Waals surface area (Å²) in [5.74, 6) is 1.23. The van der Waals surface area contributed by atoms with Crippen LogP contribution in [0.1, 0.15) is 18.4 Å². The molecule has 1 aromatic carbocycles. The van der Waals surface area contributed by atoms with Crippen molar-refractivity contribution in [2.24, 2.45) is 0 Å². The molecular formula is C19H24FN5O2S. The standard InChI is InChI=1S/C19H24FN5O2S/c1-15-14-16(20)4-5-17(15)28(26,27)25-12-10-24(11-13-25)19-7-6-18(21-22-19)23-8-2-3-9-23/h4-7,14H,2-3,8-13H2,1H3. The molecule has 28 heavy (non-hydrogen) atoms. The van der Waals surface area contributed by atoms with E-state index in [0.717, 1.165) is 24.7 Å². The van der Waals surface area contributed by atoms with Gasteiger partial charge in [-0.3, -0.25) is 0 Å². The lowest BCUT2D eigenvalue weighted by Crippen LogP contribution is -2.49. The summed E-state index contributed by atoms with van der Waals surface area (Å²) in [6.45, 7) is 5.45. The van der Waals surface area contributed by atoms with Crippen LogP contribution in [0.5, 0.6) is 0 Å². The average Bonchev–Trinajstić information content (AvgIpc) is 3.23. The third-order valence-corrected chi connectivity index (χ3v) is 7.44. The second-order valence-electron chi connectivity index (χ2n) is 7.24. The largest absolute Gasteiger partial charge is 0.355 e. The zero-order chi connectivity index (χ0) is 19.7. The molecular weight excluding hydrogens is 381 g/mol. The van der Waals surface area contributed by atoms with Gasteiger partial charge in [0, 0.05) is 39.3 Å². The zero-order valence-corrected chi connectivity index (χ0v) is 16.7. The maximum atomic E-state index is 13.3. The number of sulfonamides is 1. The Bertz CT molecular complexity index is 937. The summed E-state index contributed by atoms with van der Waals surface area (Å²) in [4.78, 5) is 4.44. The predicted octanol–water partition coefficient (Wildman–Crippen LogP) is 2.04. The van der Waals surface area contributed by atoms with Gasteiger partial charge in [-0.1, -0.05) is 0 Å². The molecule has 3 heterocycles. The van der Waals surface area contributed by atoms with Gasteiger partial charge in [0.05, 0.1) is 4.90 Å². The number of rotatable bonds is 4. The summed E-state index contributed by atoms with van der Waals surface area (Å²) in [6, 6.07) is 7.72. The van der Waals surface area contributed by atoms with Crippen LogP contribution in [0.2, 0.25) is 0 Å². The normalized spacial score (nSPS) is 18.6. The Morgan fingerprint density at radius 1 is 0.857 bits per heavy atom. The van der Waals surface area contributed by atoms with Crippen molar-refractivity contribution in [2.75, 3.05) is 49.1 Å². The molecule has 1 aromatic heterocycles. The van der Waals surface area contributed by atoms with Crippen LogP contribution in [0, 0.1) is 12.7 Å². The molecule has 2 fully saturated rings. The Morgan fingerprint density at radius 2 is 1.43 bits per heavy atom. The number of aryl methyl sites for hydroxylation is 1. The molecule has 4 rings (SSSR count).